The number of hydrogen-bond donors (Lipinski definition) is 0. The second-order valence-electron chi connectivity index (χ2n) is 5.41. The van der Waals surface area contributed by atoms with Crippen LogP contribution in [0.15, 0.2) is 10.6 Å². The largest absolute Gasteiger partial charge is 0.465 e. The van der Waals surface area contributed by atoms with E-state index in [2.05, 4.69) is 12.1 Å². The van der Waals surface area contributed by atoms with E-state index in [4.69, 9.17) is 14.0 Å². The molecule has 1 heterocycles. The Morgan fingerprint density at radius 1 is 1.33 bits per heavy atom. The summed E-state index contributed by atoms with van der Waals surface area (Å²) < 4.78 is 15.9. The van der Waals surface area contributed by atoms with E-state index in [1.165, 1.54) is 0 Å². The zero-order chi connectivity index (χ0) is 15.7. The van der Waals surface area contributed by atoms with Gasteiger partial charge in [0.15, 0.2) is 5.76 Å². The van der Waals surface area contributed by atoms with Gasteiger partial charge in [-0.25, -0.2) is 0 Å². The molecule has 5 nitrogen and oxygen atoms in total. The van der Waals surface area contributed by atoms with Gasteiger partial charge in [-0.05, 0) is 19.3 Å². The van der Waals surface area contributed by atoms with Crippen molar-refractivity contribution in [2.75, 3.05) is 19.8 Å². The molecule has 0 aliphatic heterocycles. The molecule has 0 saturated carbocycles. The molecular weight excluding hydrogens is 270 g/mol. The quantitative estimate of drug-likeness (QED) is 0.489. The van der Waals surface area contributed by atoms with E-state index in [0.717, 1.165) is 25.1 Å². The molecule has 0 spiro atoms. The number of ether oxygens (including phenoxy) is 2. The van der Waals surface area contributed by atoms with E-state index in [-0.39, 0.29) is 11.9 Å². The molecule has 0 N–H and O–H groups in total. The number of carbonyl (C=O) groups is 1. The first-order valence-corrected chi connectivity index (χ1v) is 7.80. The predicted molar refractivity (Wildman–Crippen MR) is 80.1 cm³/mol. The second kappa shape index (κ2) is 9.55. The molecule has 120 valence electrons. The first-order valence-electron chi connectivity index (χ1n) is 7.80. The predicted octanol–water partition coefficient (Wildman–Crippen LogP) is 3.34. The lowest BCUT2D eigenvalue weighted by Gasteiger charge is -2.15. The van der Waals surface area contributed by atoms with E-state index < -0.39 is 5.92 Å². The number of rotatable bonds is 10. The lowest BCUT2D eigenvalue weighted by atomic mass is 9.93. The lowest BCUT2D eigenvalue weighted by Crippen LogP contribution is -2.20. The monoisotopic (exact) mass is 297 g/mol. The Labute approximate surface area is 127 Å². The van der Waals surface area contributed by atoms with Crippen LogP contribution in [-0.4, -0.2) is 30.9 Å². The number of carbonyl (C=O) groups excluding carboxylic acids is 1. The summed E-state index contributed by atoms with van der Waals surface area (Å²) in [6.45, 7) is 9.64. The van der Waals surface area contributed by atoms with Crippen LogP contribution in [0, 0.1) is 5.92 Å². The highest BCUT2D eigenvalue weighted by Crippen LogP contribution is 2.26. The zero-order valence-electron chi connectivity index (χ0n) is 13.6. The maximum absolute atomic E-state index is 12.0. The van der Waals surface area contributed by atoms with Crippen LogP contribution in [-0.2, 0) is 20.7 Å². The van der Waals surface area contributed by atoms with Gasteiger partial charge in [0.25, 0.3) is 0 Å². The molecule has 1 rings (SSSR count). The number of hydrogen-bond acceptors (Lipinski definition) is 5. The van der Waals surface area contributed by atoms with Gasteiger partial charge in [0.2, 0.25) is 0 Å². The number of esters is 1. The van der Waals surface area contributed by atoms with Gasteiger partial charge in [0.05, 0.1) is 18.9 Å². The van der Waals surface area contributed by atoms with Crippen molar-refractivity contribution in [1.29, 1.82) is 0 Å². The first kappa shape index (κ1) is 17.7. The fourth-order valence-electron chi connectivity index (χ4n) is 2.07. The number of aromatic nitrogens is 1. The third-order valence-electron chi connectivity index (χ3n) is 3.24. The Morgan fingerprint density at radius 2 is 2.10 bits per heavy atom. The Hall–Kier alpha value is -1.36. The molecule has 1 unspecified atom stereocenters. The normalized spacial score (nSPS) is 12.6. The van der Waals surface area contributed by atoms with Crippen molar-refractivity contribution < 1.29 is 18.8 Å². The summed E-state index contributed by atoms with van der Waals surface area (Å²) in [7, 11) is 0. The fraction of sp³-hybridized carbons (Fsp3) is 0.750. The SMILES string of the molecule is CCCCOCCc1cc(C(C(=O)OCC)C(C)C)on1. The molecule has 1 aromatic rings. The van der Waals surface area contributed by atoms with E-state index in [0.29, 0.717) is 25.4 Å². The van der Waals surface area contributed by atoms with Crippen molar-refractivity contribution >= 4 is 5.97 Å². The van der Waals surface area contributed by atoms with Crippen LogP contribution >= 0.6 is 0 Å². The molecule has 0 bridgehead atoms. The molecule has 1 atom stereocenters. The van der Waals surface area contributed by atoms with Gasteiger partial charge >= 0.3 is 5.97 Å². The Kier molecular flexibility index (Phi) is 8.05. The van der Waals surface area contributed by atoms with Crippen molar-refractivity contribution in [3.63, 3.8) is 0 Å². The van der Waals surface area contributed by atoms with Crippen molar-refractivity contribution in [2.45, 2.75) is 52.9 Å². The molecular formula is C16H27NO4. The van der Waals surface area contributed by atoms with Crippen LogP contribution in [0.3, 0.4) is 0 Å². The molecule has 0 radical (unpaired) electrons. The average Bonchev–Trinajstić information content (AvgIpc) is 2.87. The summed E-state index contributed by atoms with van der Waals surface area (Å²) in [4.78, 5) is 12.0. The highest BCUT2D eigenvalue weighted by atomic mass is 16.5. The van der Waals surface area contributed by atoms with Gasteiger partial charge in [0.1, 0.15) is 5.92 Å². The summed E-state index contributed by atoms with van der Waals surface area (Å²) in [5.41, 5.74) is 0.816. The van der Waals surface area contributed by atoms with E-state index in [1.54, 1.807) is 6.92 Å². The van der Waals surface area contributed by atoms with Crippen molar-refractivity contribution in [2.24, 2.45) is 5.92 Å². The van der Waals surface area contributed by atoms with Crippen LogP contribution in [0.25, 0.3) is 0 Å². The van der Waals surface area contributed by atoms with Gasteiger partial charge < -0.3 is 14.0 Å². The summed E-state index contributed by atoms with van der Waals surface area (Å²) in [6.07, 6.45) is 2.90. The summed E-state index contributed by atoms with van der Waals surface area (Å²) in [5.74, 6) is 0.0271. The minimum absolute atomic E-state index is 0.102. The van der Waals surface area contributed by atoms with Crippen LogP contribution in [0.2, 0.25) is 0 Å². The third-order valence-corrected chi connectivity index (χ3v) is 3.24. The van der Waals surface area contributed by atoms with Gasteiger partial charge in [-0.2, -0.15) is 0 Å². The van der Waals surface area contributed by atoms with Gasteiger partial charge in [-0.15, -0.1) is 0 Å². The molecule has 0 aliphatic rings. The molecule has 0 aliphatic carbocycles. The van der Waals surface area contributed by atoms with E-state index in [1.807, 2.05) is 19.9 Å². The highest BCUT2D eigenvalue weighted by molar-refractivity contribution is 5.77. The zero-order valence-corrected chi connectivity index (χ0v) is 13.6. The molecule has 0 aromatic carbocycles. The Morgan fingerprint density at radius 3 is 2.71 bits per heavy atom. The average molecular weight is 297 g/mol. The maximum Gasteiger partial charge on any atom is 0.317 e. The highest BCUT2D eigenvalue weighted by Gasteiger charge is 2.29. The lowest BCUT2D eigenvalue weighted by molar-refractivity contribution is -0.146. The minimum Gasteiger partial charge on any atom is -0.465 e. The topological polar surface area (TPSA) is 61.6 Å². The van der Waals surface area contributed by atoms with Crippen molar-refractivity contribution in [3.8, 4) is 0 Å². The van der Waals surface area contributed by atoms with Gasteiger partial charge in [0, 0.05) is 19.1 Å². The van der Waals surface area contributed by atoms with Crippen LogP contribution in [0.1, 0.15) is 57.9 Å². The van der Waals surface area contributed by atoms with Gasteiger partial charge in [-0.3, -0.25) is 4.79 Å². The molecule has 21 heavy (non-hydrogen) atoms. The fourth-order valence-corrected chi connectivity index (χ4v) is 2.07. The minimum atomic E-state index is -0.396. The molecule has 1 aromatic heterocycles. The Bertz CT molecular complexity index is 414. The third kappa shape index (κ3) is 5.87. The number of nitrogens with zero attached hydrogens (tertiary/aromatic N) is 1. The summed E-state index contributed by atoms with van der Waals surface area (Å²) >= 11 is 0. The van der Waals surface area contributed by atoms with Crippen molar-refractivity contribution in [1.82, 2.24) is 5.16 Å². The van der Waals surface area contributed by atoms with Crippen LogP contribution in [0.5, 0.6) is 0 Å². The molecule has 0 saturated heterocycles. The standard InChI is InChI=1S/C16H27NO4/c1-5-7-9-19-10-8-13-11-14(21-17-13)15(12(3)4)16(18)20-6-2/h11-12,15H,5-10H2,1-4H3. The van der Waals surface area contributed by atoms with Gasteiger partial charge in [-0.1, -0.05) is 32.3 Å². The summed E-state index contributed by atoms with van der Waals surface area (Å²) in [6, 6.07) is 1.84. The molecule has 0 amide bonds. The van der Waals surface area contributed by atoms with Crippen LogP contribution in [0.4, 0.5) is 0 Å². The van der Waals surface area contributed by atoms with Crippen LogP contribution < -0.4 is 0 Å². The first-order chi connectivity index (χ1) is 10.1. The molecule has 0 fully saturated rings. The van der Waals surface area contributed by atoms with E-state index >= 15 is 0 Å². The maximum atomic E-state index is 12.0. The van der Waals surface area contributed by atoms with E-state index in [9.17, 15) is 4.79 Å². The van der Waals surface area contributed by atoms with Crippen molar-refractivity contribution in [3.05, 3.63) is 17.5 Å². The Balaban J connectivity index is 2.56. The summed E-state index contributed by atoms with van der Waals surface area (Å²) in [5, 5.41) is 4.02. The molecule has 5 heteroatoms. The number of unbranched alkanes of at least 4 members (excludes halogenated alkanes) is 1. The second-order valence-corrected chi connectivity index (χ2v) is 5.41. The smallest absolute Gasteiger partial charge is 0.317 e.